The van der Waals surface area contributed by atoms with E-state index in [1.807, 2.05) is 32.0 Å². The molecule has 4 nitrogen and oxygen atoms in total. The first-order valence-corrected chi connectivity index (χ1v) is 7.02. The summed E-state index contributed by atoms with van der Waals surface area (Å²) in [5.41, 5.74) is 3.22. The van der Waals surface area contributed by atoms with E-state index in [0.29, 0.717) is 11.4 Å². The lowest BCUT2D eigenvalue weighted by Gasteiger charge is -2.11. The second-order valence-electron chi connectivity index (χ2n) is 4.33. The van der Waals surface area contributed by atoms with E-state index in [0.717, 1.165) is 20.9 Å². The van der Waals surface area contributed by atoms with Gasteiger partial charge in [-0.25, -0.2) is 9.59 Å². The molecule has 0 aromatic heterocycles. The van der Waals surface area contributed by atoms with E-state index in [4.69, 9.17) is 0 Å². The molecule has 0 fully saturated rings. The van der Waals surface area contributed by atoms with Gasteiger partial charge in [0.2, 0.25) is 12.2 Å². The molecule has 0 saturated heterocycles. The quantitative estimate of drug-likeness (QED) is 0.621. The Morgan fingerprint density at radius 1 is 0.905 bits per heavy atom. The van der Waals surface area contributed by atoms with Gasteiger partial charge in [-0.3, -0.25) is 0 Å². The zero-order valence-electron chi connectivity index (χ0n) is 11.6. The highest BCUT2D eigenvalue weighted by Gasteiger charge is 2.12. The predicted molar refractivity (Wildman–Crippen MR) is 82.0 cm³/mol. The Labute approximate surface area is 126 Å². The van der Waals surface area contributed by atoms with Crippen molar-refractivity contribution < 1.29 is 9.59 Å². The minimum Gasteiger partial charge on any atom is -0.211 e. The molecular formula is C16H12N2O2S. The molecule has 0 bridgehead atoms. The van der Waals surface area contributed by atoms with Gasteiger partial charge < -0.3 is 0 Å². The number of hydrogen-bond donors (Lipinski definition) is 0. The van der Waals surface area contributed by atoms with E-state index in [9.17, 15) is 9.59 Å². The van der Waals surface area contributed by atoms with E-state index in [1.165, 1.54) is 11.8 Å². The Balaban J connectivity index is 2.56. The van der Waals surface area contributed by atoms with Gasteiger partial charge in [-0.2, -0.15) is 9.98 Å². The molecule has 0 radical (unpaired) electrons. The van der Waals surface area contributed by atoms with E-state index in [2.05, 4.69) is 9.98 Å². The third kappa shape index (κ3) is 3.36. The van der Waals surface area contributed by atoms with Crippen molar-refractivity contribution in [1.82, 2.24) is 0 Å². The Morgan fingerprint density at radius 2 is 1.57 bits per heavy atom. The summed E-state index contributed by atoms with van der Waals surface area (Å²) in [6.45, 7) is 3.95. The molecule has 21 heavy (non-hydrogen) atoms. The van der Waals surface area contributed by atoms with Crippen LogP contribution in [0.3, 0.4) is 0 Å². The first-order chi connectivity index (χ1) is 10.2. The Hall–Kier alpha value is -2.45. The molecule has 0 atom stereocenters. The van der Waals surface area contributed by atoms with Gasteiger partial charge >= 0.3 is 0 Å². The highest BCUT2D eigenvalue weighted by Crippen LogP contribution is 2.42. The standard InChI is InChI=1S/C16H12N2O2S/c1-11-7-8-14(18-10-20)16(12(11)2)21-15-6-4-3-5-13(15)17-9-19/h3-8H,1-2H3. The van der Waals surface area contributed by atoms with Gasteiger partial charge in [0.25, 0.3) is 0 Å². The summed E-state index contributed by atoms with van der Waals surface area (Å²) in [6.07, 6.45) is 3.12. The maximum atomic E-state index is 10.6. The van der Waals surface area contributed by atoms with Gasteiger partial charge in [0.05, 0.1) is 11.4 Å². The van der Waals surface area contributed by atoms with Crippen LogP contribution in [0.2, 0.25) is 0 Å². The summed E-state index contributed by atoms with van der Waals surface area (Å²) in [5.74, 6) is 0. The lowest BCUT2D eigenvalue weighted by Crippen LogP contribution is -1.86. The SMILES string of the molecule is Cc1ccc(N=C=O)c(Sc2ccccc2N=C=O)c1C. The molecule has 2 rings (SSSR count). The summed E-state index contributed by atoms with van der Waals surface area (Å²) in [6, 6.07) is 10.9. The second kappa shape index (κ2) is 6.82. The van der Waals surface area contributed by atoms with Crippen molar-refractivity contribution in [2.24, 2.45) is 9.98 Å². The average molecular weight is 296 g/mol. The van der Waals surface area contributed by atoms with Gasteiger partial charge in [0, 0.05) is 9.79 Å². The van der Waals surface area contributed by atoms with Crippen LogP contribution in [0.15, 0.2) is 56.2 Å². The van der Waals surface area contributed by atoms with Crippen LogP contribution in [0.1, 0.15) is 11.1 Å². The minimum absolute atomic E-state index is 0.541. The fraction of sp³-hybridized carbons (Fsp3) is 0.125. The molecule has 2 aromatic carbocycles. The number of aliphatic imine (C=N–C) groups is 2. The fourth-order valence-electron chi connectivity index (χ4n) is 1.84. The molecule has 5 heteroatoms. The van der Waals surface area contributed by atoms with Crippen molar-refractivity contribution in [2.75, 3.05) is 0 Å². The molecule has 0 amide bonds. The molecule has 0 unspecified atom stereocenters. The van der Waals surface area contributed by atoms with Crippen molar-refractivity contribution in [3.05, 3.63) is 47.5 Å². The van der Waals surface area contributed by atoms with E-state index in [1.54, 1.807) is 30.4 Å². The van der Waals surface area contributed by atoms with Crippen LogP contribution in [-0.2, 0) is 9.59 Å². The summed E-state index contributed by atoms with van der Waals surface area (Å²) in [4.78, 5) is 30.2. The van der Waals surface area contributed by atoms with Crippen LogP contribution in [0.25, 0.3) is 0 Å². The number of nitrogens with zero attached hydrogens (tertiary/aromatic N) is 2. The van der Waals surface area contributed by atoms with Crippen molar-refractivity contribution in [3.8, 4) is 0 Å². The Morgan fingerprint density at radius 3 is 2.29 bits per heavy atom. The van der Waals surface area contributed by atoms with E-state index >= 15 is 0 Å². The monoisotopic (exact) mass is 296 g/mol. The summed E-state index contributed by atoms with van der Waals surface area (Å²) in [5, 5.41) is 0. The van der Waals surface area contributed by atoms with Crippen molar-refractivity contribution in [3.63, 3.8) is 0 Å². The van der Waals surface area contributed by atoms with Crippen LogP contribution in [0.5, 0.6) is 0 Å². The number of benzene rings is 2. The van der Waals surface area contributed by atoms with Crippen LogP contribution >= 0.6 is 11.8 Å². The first kappa shape index (κ1) is 14.9. The predicted octanol–water partition coefficient (Wildman–Crippen LogP) is 4.39. The van der Waals surface area contributed by atoms with Crippen LogP contribution in [0, 0.1) is 13.8 Å². The number of isocyanates is 2. The van der Waals surface area contributed by atoms with Crippen LogP contribution in [-0.4, -0.2) is 12.2 Å². The topological polar surface area (TPSA) is 58.9 Å². The van der Waals surface area contributed by atoms with Gasteiger partial charge in [-0.05, 0) is 43.2 Å². The van der Waals surface area contributed by atoms with E-state index < -0.39 is 0 Å². The average Bonchev–Trinajstić information content (AvgIpc) is 2.49. The Bertz CT molecular complexity index is 774. The smallest absolute Gasteiger partial charge is 0.211 e. The second-order valence-corrected chi connectivity index (χ2v) is 5.38. The molecule has 0 spiro atoms. The molecule has 0 heterocycles. The molecular weight excluding hydrogens is 284 g/mol. The largest absolute Gasteiger partial charge is 0.240 e. The molecule has 2 aromatic rings. The number of aryl methyl sites for hydroxylation is 1. The molecule has 0 N–H and O–H groups in total. The van der Waals surface area contributed by atoms with Crippen molar-refractivity contribution in [2.45, 2.75) is 23.6 Å². The fourth-order valence-corrected chi connectivity index (χ4v) is 2.95. The molecule has 0 aliphatic rings. The van der Waals surface area contributed by atoms with Crippen molar-refractivity contribution in [1.29, 1.82) is 0 Å². The molecule has 104 valence electrons. The third-order valence-corrected chi connectivity index (χ3v) is 4.35. The van der Waals surface area contributed by atoms with Gasteiger partial charge in [-0.15, -0.1) is 0 Å². The number of hydrogen-bond acceptors (Lipinski definition) is 5. The lowest BCUT2D eigenvalue weighted by atomic mass is 10.1. The Kier molecular flexibility index (Phi) is 4.85. The third-order valence-electron chi connectivity index (χ3n) is 3.07. The normalized spacial score (nSPS) is 9.62. The minimum atomic E-state index is 0.541. The summed E-state index contributed by atoms with van der Waals surface area (Å²) in [7, 11) is 0. The zero-order chi connectivity index (χ0) is 15.2. The maximum Gasteiger partial charge on any atom is 0.240 e. The van der Waals surface area contributed by atoms with Gasteiger partial charge in [0.15, 0.2) is 0 Å². The van der Waals surface area contributed by atoms with Crippen molar-refractivity contribution >= 4 is 35.3 Å². The van der Waals surface area contributed by atoms with Gasteiger partial charge in [-0.1, -0.05) is 30.0 Å². The molecule has 0 aliphatic heterocycles. The van der Waals surface area contributed by atoms with E-state index in [-0.39, 0.29) is 0 Å². The highest BCUT2D eigenvalue weighted by atomic mass is 32.2. The summed E-state index contributed by atoms with van der Waals surface area (Å²) >= 11 is 1.42. The zero-order valence-corrected chi connectivity index (χ0v) is 12.4. The summed E-state index contributed by atoms with van der Waals surface area (Å²) < 4.78 is 0. The number of para-hydroxylation sites is 1. The lowest BCUT2D eigenvalue weighted by molar-refractivity contribution is 0.564. The molecule has 0 aliphatic carbocycles. The number of rotatable bonds is 4. The van der Waals surface area contributed by atoms with Crippen LogP contribution < -0.4 is 0 Å². The first-order valence-electron chi connectivity index (χ1n) is 6.20. The maximum absolute atomic E-state index is 10.6. The number of carbonyl (C=O) groups excluding carboxylic acids is 2. The van der Waals surface area contributed by atoms with Crippen LogP contribution in [0.4, 0.5) is 11.4 Å². The highest BCUT2D eigenvalue weighted by molar-refractivity contribution is 7.99. The molecule has 0 saturated carbocycles. The van der Waals surface area contributed by atoms with Gasteiger partial charge in [0.1, 0.15) is 0 Å².